The molecule has 0 saturated heterocycles. The van der Waals surface area contributed by atoms with E-state index in [4.69, 9.17) is 9.47 Å². The van der Waals surface area contributed by atoms with Crippen LogP contribution in [0.1, 0.15) is 52.4 Å². The highest BCUT2D eigenvalue weighted by atomic mass is 16.5. The van der Waals surface area contributed by atoms with Crippen LogP contribution in [0.15, 0.2) is 78.0 Å². The minimum Gasteiger partial charge on any atom is -0.489 e. The van der Waals surface area contributed by atoms with Gasteiger partial charge < -0.3 is 14.7 Å². The Bertz CT molecular complexity index is 1040. The lowest BCUT2D eigenvalue weighted by atomic mass is 9.98. The number of aryl methyl sites for hydroxylation is 2. The van der Waals surface area contributed by atoms with Gasteiger partial charge in [0.15, 0.2) is 0 Å². The Labute approximate surface area is 189 Å². The molecule has 3 rings (SSSR count). The zero-order valence-corrected chi connectivity index (χ0v) is 18.6. The van der Waals surface area contributed by atoms with Gasteiger partial charge in [-0.2, -0.15) is 0 Å². The summed E-state index contributed by atoms with van der Waals surface area (Å²) in [6.07, 6.45) is 3.25. The monoisotopic (exact) mass is 431 g/mol. The largest absolute Gasteiger partial charge is 0.489 e. The van der Waals surface area contributed by atoms with Crippen LogP contribution in [-0.2, 0) is 24.2 Å². The highest BCUT2D eigenvalue weighted by molar-refractivity contribution is 6.00. The van der Waals surface area contributed by atoms with Gasteiger partial charge in [0.25, 0.3) is 0 Å². The van der Waals surface area contributed by atoms with E-state index in [9.17, 15) is 10.0 Å². The summed E-state index contributed by atoms with van der Waals surface area (Å²) in [7, 11) is 1.38. The van der Waals surface area contributed by atoms with Gasteiger partial charge in [0.2, 0.25) is 0 Å². The first-order valence-corrected chi connectivity index (χ1v) is 10.8. The molecule has 0 aliphatic rings. The van der Waals surface area contributed by atoms with Gasteiger partial charge in [-0.1, -0.05) is 54.5 Å². The summed E-state index contributed by atoms with van der Waals surface area (Å²) in [6, 6.07) is 23.5. The fourth-order valence-electron chi connectivity index (χ4n) is 3.57. The van der Waals surface area contributed by atoms with Crippen molar-refractivity contribution in [1.82, 2.24) is 0 Å². The molecule has 0 amide bonds. The Morgan fingerprint density at radius 3 is 2.28 bits per heavy atom. The van der Waals surface area contributed by atoms with Crippen LogP contribution in [0, 0.1) is 0 Å². The predicted molar refractivity (Wildman–Crippen MR) is 126 cm³/mol. The molecule has 0 radical (unpaired) electrons. The van der Waals surface area contributed by atoms with Gasteiger partial charge >= 0.3 is 5.97 Å². The number of hydrogen-bond acceptors (Lipinski definition) is 5. The normalized spacial score (nSPS) is 11.2. The third kappa shape index (κ3) is 6.20. The Hall–Kier alpha value is -3.60. The fourth-order valence-corrected chi connectivity index (χ4v) is 3.57. The summed E-state index contributed by atoms with van der Waals surface area (Å²) in [4.78, 5) is 11.6. The van der Waals surface area contributed by atoms with Gasteiger partial charge in [0.1, 0.15) is 12.4 Å². The summed E-state index contributed by atoms with van der Waals surface area (Å²) in [5.41, 5.74) is 5.46. The van der Waals surface area contributed by atoms with Crippen LogP contribution < -0.4 is 4.74 Å². The molecule has 0 aromatic heterocycles. The maximum atomic E-state index is 11.6. The topological polar surface area (TPSA) is 68.1 Å². The molecule has 32 heavy (non-hydrogen) atoms. The summed E-state index contributed by atoms with van der Waals surface area (Å²) in [5.74, 6) is 0.512. The molecule has 0 saturated carbocycles. The van der Waals surface area contributed by atoms with E-state index in [0.29, 0.717) is 24.3 Å². The maximum Gasteiger partial charge on any atom is 0.337 e. The van der Waals surface area contributed by atoms with Crippen LogP contribution in [0.3, 0.4) is 0 Å². The van der Waals surface area contributed by atoms with E-state index in [0.717, 1.165) is 47.3 Å². The number of esters is 1. The van der Waals surface area contributed by atoms with Crippen LogP contribution >= 0.6 is 0 Å². The molecule has 0 heterocycles. The number of carbonyl (C=O) groups excluding carboxylic acids is 1. The van der Waals surface area contributed by atoms with Crippen molar-refractivity contribution >= 4 is 11.7 Å². The van der Waals surface area contributed by atoms with E-state index < -0.39 is 0 Å². The van der Waals surface area contributed by atoms with Crippen molar-refractivity contribution in [2.45, 2.75) is 39.2 Å². The van der Waals surface area contributed by atoms with Crippen molar-refractivity contribution in [1.29, 1.82) is 0 Å². The van der Waals surface area contributed by atoms with Gasteiger partial charge in [-0.3, -0.25) is 0 Å². The number of hydrogen-bond donors (Lipinski definition) is 1. The van der Waals surface area contributed by atoms with Gasteiger partial charge in [0, 0.05) is 0 Å². The SMILES string of the molecule is CCC(=NO)c1ccc(OCc2ccccc2)c(CCCc2ccc(C(=O)OC)cc2)c1. The van der Waals surface area contributed by atoms with Crippen LogP contribution in [0.2, 0.25) is 0 Å². The van der Waals surface area contributed by atoms with E-state index in [1.807, 2.05) is 61.5 Å². The number of rotatable bonds is 10. The summed E-state index contributed by atoms with van der Waals surface area (Å²) < 4.78 is 10.9. The summed E-state index contributed by atoms with van der Waals surface area (Å²) >= 11 is 0. The second-order valence-electron chi connectivity index (χ2n) is 7.54. The van der Waals surface area contributed by atoms with E-state index in [1.165, 1.54) is 7.11 Å². The molecular weight excluding hydrogens is 402 g/mol. The average molecular weight is 432 g/mol. The molecule has 166 valence electrons. The number of ether oxygens (including phenoxy) is 2. The van der Waals surface area contributed by atoms with Crippen molar-refractivity contribution in [3.05, 3.63) is 101 Å². The molecule has 3 aromatic rings. The second kappa shape index (κ2) is 11.7. The van der Waals surface area contributed by atoms with E-state index in [1.54, 1.807) is 12.1 Å². The van der Waals surface area contributed by atoms with Crippen molar-refractivity contribution < 1.29 is 19.5 Å². The molecule has 0 aliphatic heterocycles. The molecular formula is C27H29NO4. The number of methoxy groups -OCH3 is 1. The number of nitrogens with zero attached hydrogens (tertiary/aromatic N) is 1. The number of carbonyl (C=O) groups is 1. The molecule has 0 bridgehead atoms. The van der Waals surface area contributed by atoms with Gasteiger partial charge in [0.05, 0.1) is 18.4 Å². The van der Waals surface area contributed by atoms with E-state index in [2.05, 4.69) is 11.2 Å². The lowest BCUT2D eigenvalue weighted by molar-refractivity contribution is 0.0600. The molecule has 1 N–H and O–H groups in total. The minimum absolute atomic E-state index is 0.328. The summed E-state index contributed by atoms with van der Waals surface area (Å²) in [5, 5.41) is 12.8. The Morgan fingerprint density at radius 2 is 1.62 bits per heavy atom. The van der Waals surface area contributed by atoms with Gasteiger partial charge in [-0.05, 0) is 78.3 Å². The first-order valence-electron chi connectivity index (χ1n) is 10.8. The van der Waals surface area contributed by atoms with Crippen LogP contribution in [0.4, 0.5) is 0 Å². The average Bonchev–Trinajstić information content (AvgIpc) is 2.85. The van der Waals surface area contributed by atoms with Crippen molar-refractivity contribution in [2.75, 3.05) is 7.11 Å². The number of oxime groups is 1. The van der Waals surface area contributed by atoms with Crippen molar-refractivity contribution in [2.24, 2.45) is 5.16 Å². The molecule has 0 aliphatic carbocycles. The van der Waals surface area contributed by atoms with E-state index in [-0.39, 0.29) is 5.97 Å². The Kier molecular flexibility index (Phi) is 8.44. The highest BCUT2D eigenvalue weighted by Gasteiger charge is 2.10. The first-order chi connectivity index (χ1) is 15.6. The molecule has 5 nitrogen and oxygen atoms in total. The van der Waals surface area contributed by atoms with Crippen LogP contribution in [0.25, 0.3) is 0 Å². The highest BCUT2D eigenvalue weighted by Crippen LogP contribution is 2.25. The molecule has 0 atom stereocenters. The van der Waals surface area contributed by atoms with E-state index >= 15 is 0 Å². The maximum absolute atomic E-state index is 11.6. The zero-order chi connectivity index (χ0) is 22.8. The quantitative estimate of drug-likeness (QED) is 0.190. The second-order valence-corrected chi connectivity index (χ2v) is 7.54. The predicted octanol–water partition coefficient (Wildman–Crippen LogP) is 5.82. The standard InChI is InChI=1S/C27H29NO4/c1-3-25(28-30)23-16-17-26(32-19-21-8-5-4-6-9-21)24(18-23)11-7-10-20-12-14-22(15-13-20)27(29)31-2/h4-6,8-9,12-18,30H,3,7,10-11,19H2,1-2H3. The third-order valence-corrected chi connectivity index (χ3v) is 5.37. The lowest BCUT2D eigenvalue weighted by Crippen LogP contribution is -2.04. The zero-order valence-electron chi connectivity index (χ0n) is 18.6. The molecule has 0 fully saturated rings. The smallest absolute Gasteiger partial charge is 0.337 e. The first kappa shape index (κ1) is 23.1. The van der Waals surface area contributed by atoms with Crippen molar-refractivity contribution in [3.8, 4) is 5.75 Å². The molecule has 0 spiro atoms. The Morgan fingerprint density at radius 1 is 0.906 bits per heavy atom. The molecule has 5 heteroatoms. The molecule has 3 aromatic carbocycles. The van der Waals surface area contributed by atoms with Crippen LogP contribution in [-0.4, -0.2) is 24.0 Å². The lowest BCUT2D eigenvalue weighted by Gasteiger charge is -2.14. The molecule has 0 unspecified atom stereocenters. The van der Waals surface area contributed by atoms with Crippen LogP contribution in [0.5, 0.6) is 5.75 Å². The fraction of sp³-hybridized carbons (Fsp3) is 0.259. The van der Waals surface area contributed by atoms with Crippen molar-refractivity contribution in [3.63, 3.8) is 0 Å². The number of benzene rings is 3. The minimum atomic E-state index is -0.328. The van der Waals surface area contributed by atoms with Gasteiger partial charge in [-0.25, -0.2) is 4.79 Å². The third-order valence-electron chi connectivity index (χ3n) is 5.37. The Balaban J connectivity index is 1.71. The summed E-state index contributed by atoms with van der Waals surface area (Å²) in [6.45, 7) is 2.46. The van der Waals surface area contributed by atoms with Gasteiger partial charge in [-0.15, -0.1) is 0 Å².